The van der Waals surface area contributed by atoms with Crippen LogP contribution in [0.4, 0.5) is 4.39 Å². The molecule has 1 aromatic heterocycles. The van der Waals surface area contributed by atoms with Crippen LogP contribution in [-0.2, 0) is 30.8 Å². The molecule has 9 heteroatoms. The van der Waals surface area contributed by atoms with Crippen molar-refractivity contribution in [2.75, 3.05) is 0 Å². The van der Waals surface area contributed by atoms with Crippen molar-refractivity contribution in [3.63, 3.8) is 0 Å². The van der Waals surface area contributed by atoms with Gasteiger partial charge in [0.2, 0.25) is 5.91 Å². The van der Waals surface area contributed by atoms with Crippen molar-refractivity contribution in [2.24, 2.45) is 0 Å². The van der Waals surface area contributed by atoms with Gasteiger partial charge in [0.25, 0.3) is 11.8 Å². The number of amides is 3. The molecule has 1 saturated carbocycles. The van der Waals surface area contributed by atoms with E-state index in [9.17, 15) is 18.8 Å². The Hall–Kier alpha value is -4.01. The molecular weight excluding hydrogens is 473 g/mol. The Kier molecular flexibility index (Phi) is 6.54. The van der Waals surface area contributed by atoms with Gasteiger partial charge in [-0.05, 0) is 55.0 Å². The highest BCUT2D eigenvalue weighted by atomic mass is 19.1. The summed E-state index contributed by atoms with van der Waals surface area (Å²) >= 11 is 0. The van der Waals surface area contributed by atoms with Gasteiger partial charge in [-0.2, -0.15) is 0 Å². The Labute approximate surface area is 214 Å². The van der Waals surface area contributed by atoms with Crippen LogP contribution in [-0.4, -0.2) is 43.8 Å². The molecule has 0 radical (unpaired) electrons. The van der Waals surface area contributed by atoms with E-state index in [0.29, 0.717) is 6.54 Å². The summed E-state index contributed by atoms with van der Waals surface area (Å²) in [6, 6.07) is 13.8. The van der Waals surface area contributed by atoms with Crippen molar-refractivity contribution >= 4 is 17.7 Å². The van der Waals surface area contributed by atoms with Crippen LogP contribution in [0.2, 0.25) is 0 Å². The van der Waals surface area contributed by atoms with Crippen LogP contribution in [0.15, 0.2) is 54.9 Å². The number of fused-ring (bicyclic) bond motifs is 1. The van der Waals surface area contributed by atoms with Gasteiger partial charge in [-0.3, -0.25) is 14.4 Å². The summed E-state index contributed by atoms with van der Waals surface area (Å²) in [6.07, 6.45) is 4.00. The number of rotatable bonds is 8. The third-order valence-electron chi connectivity index (χ3n) is 7.14. The first-order valence-electron chi connectivity index (χ1n) is 12.6. The first-order valence-corrected chi connectivity index (χ1v) is 12.6. The van der Waals surface area contributed by atoms with Gasteiger partial charge in [0.1, 0.15) is 17.1 Å². The summed E-state index contributed by atoms with van der Waals surface area (Å²) in [6.45, 7) is 4.54. The molecule has 1 atom stereocenters. The third-order valence-corrected chi connectivity index (χ3v) is 7.14. The first-order chi connectivity index (χ1) is 17.8. The molecule has 2 heterocycles. The lowest BCUT2D eigenvalue weighted by molar-refractivity contribution is -0.133. The number of benzene rings is 2. The zero-order valence-corrected chi connectivity index (χ0v) is 21.0. The molecule has 1 fully saturated rings. The molecule has 2 aromatic carbocycles. The van der Waals surface area contributed by atoms with Gasteiger partial charge in [-0.15, -0.1) is 0 Å². The highest BCUT2D eigenvalue weighted by Gasteiger charge is 2.53. The molecular formula is C28H30FN5O3. The van der Waals surface area contributed by atoms with Crippen molar-refractivity contribution in [3.05, 3.63) is 88.8 Å². The van der Waals surface area contributed by atoms with Crippen LogP contribution >= 0.6 is 0 Å². The fourth-order valence-corrected chi connectivity index (χ4v) is 4.86. The summed E-state index contributed by atoms with van der Waals surface area (Å²) < 4.78 is 14.8. The van der Waals surface area contributed by atoms with Crippen LogP contribution < -0.4 is 10.6 Å². The highest BCUT2D eigenvalue weighted by molar-refractivity contribution is 6.07. The standard InChI is InChI=1S/C28H30FN5O3/c1-3-18-4-6-19(7-5-18)14-30-25(35)23-24-26(36)34(22-12-13-22)28(2,16-33(24)17-32-23)27(37)31-15-20-8-10-21(29)11-9-20/h4-11,17,22H,3,12-16H2,1-2H3,(H,30,35)(H,31,37). The van der Waals surface area contributed by atoms with Gasteiger partial charge in [-0.25, -0.2) is 9.37 Å². The van der Waals surface area contributed by atoms with Gasteiger partial charge >= 0.3 is 0 Å². The zero-order valence-electron chi connectivity index (χ0n) is 21.0. The van der Waals surface area contributed by atoms with E-state index in [1.165, 1.54) is 24.0 Å². The molecule has 2 N–H and O–H groups in total. The van der Waals surface area contributed by atoms with Crippen LogP contribution in [0, 0.1) is 5.82 Å². The number of aryl methyl sites for hydroxylation is 1. The summed E-state index contributed by atoms with van der Waals surface area (Å²) in [7, 11) is 0. The van der Waals surface area contributed by atoms with Crippen molar-refractivity contribution in [1.29, 1.82) is 0 Å². The zero-order chi connectivity index (χ0) is 26.2. The maximum Gasteiger partial charge on any atom is 0.274 e. The van der Waals surface area contributed by atoms with Gasteiger partial charge in [-0.1, -0.05) is 43.3 Å². The SMILES string of the molecule is CCc1ccc(CNC(=O)c2ncn3c2C(=O)N(C2CC2)C(C)(C(=O)NCc2ccc(F)cc2)C3)cc1. The number of hydrogen-bond acceptors (Lipinski definition) is 4. The molecule has 8 nitrogen and oxygen atoms in total. The molecule has 0 saturated heterocycles. The number of carbonyl (C=O) groups excluding carboxylic acids is 3. The molecule has 1 unspecified atom stereocenters. The Morgan fingerprint density at radius 3 is 2.22 bits per heavy atom. The number of carbonyl (C=O) groups is 3. The monoisotopic (exact) mass is 503 g/mol. The highest BCUT2D eigenvalue weighted by Crippen LogP contribution is 2.38. The Balaban J connectivity index is 1.33. The largest absolute Gasteiger partial charge is 0.350 e. The number of halogens is 1. The second-order valence-corrected chi connectivity index (χ2v) is 9.91. The van der Waals surface area contributed by atoms with E-state index in [-0.39, 0.29) is 48.2 Å². The van der Waals surface area contributed by atoms with E-state index in [2.05, 4.69) is 22.5 Å². The van der Waals surface area contributed by atoms with Crippen molar-refractivity contribution in [1.82, 2.24) is 25.1 Å². The number of hydrogen-bond donors (Lipinski definition) is 2. The van der Waals surface area contributed by atoms with E-state index in [4.69, 9.17) is 0 Å². The predicted octanol–water partition coefficient (Wildman–Crippen LogP) is 3.21. The van der Waals surface area contributed by atoms with Crippen molar-refractivity contribution in [2.45, 2.75) is 64.3 Å². The minimum atomic E-state index is -1.15. The van der Waals surface area contributed by atoms with E-state index >= 15 is 0 Å². The molecule has 3 amide bonds. The van der Waals surface area contributed by atoms with Crippen molar-refractivity contribution in [3.8, 4) is 0 Å². The van der Waals surface area contributed by atoms with Gasteiger partial charge in [0.05, 0.1) is 12.9 Å². The van der Waals surface area contributed by atoms with Gasteiger partial charge in [0.15, 0.2) is 5.69 Å². The molecule has 1 aliphatic heterocycles. The molecule has 0 spiro atoms. The topological polar surface area (TPSA) is 96.3 Å². The van der Waals surface area contributed by atoms with Gasteiger partial charge in [0, 0.05) is 19.1 Å². The number of nitrogens with zero attached hydrogens (tertiary/aromatic N) is 3. The lowest BCUT2D eigenvalue weighted by atomic mass is 9.93. The molecule has 2 aliphatic rings. The quantitative estimate of drug-likeness (QED) is 0.494. The first kappa shape index (κ1) is 24.7. The fraction of sp³-hybridized carbons (Fsp3) is 0.357. The average molecular weight is 504 g/mol. The molecule has 192 valence electrons. The molecule has 1 aliphatic carbocycles. The molecule has 0 bridgehead atoms. The van der Waals surface area contributed by atoms with E-state index in [1.807, 2.05) is 24.3 Å². The minimum absolute atomic E-state index is 0.0642. The Bertz CT molecular complexity index is 1330. The number of nitrogens with one attached hydrogen (secondary N) is 2. The lowest BCUT2D eigenvalue weighted by Crippen LogP contribution is -2.64. The normalized spacial score (nSPS) is 18.9. The smallest absolute Gasteiger partial charge is 0.274 e. The number of imidazole rings is 1. The Morgan fingerprint density at radius 2 is 1.59 bits per heavy atom. The number of aromatic nitrogens is 2. The minimum Gasteiger partial charge on any atom is -0.350 e. The molecule has 3 aromatic rings. The summed E-state index contributed by atoms with van der Waals surface area (Å²) in [5.41, 5.74) is 2.04. The predicted molar refractivity (Wildman–Crippen MR) is 135 cm³/mol. The fourth-order valence-electron chi connectivity index (χ4n) is 4.86. The van der Waals surface area contributed by atoms with Crippen LogP contribution in [0.5, 0.6) is 0 Å². The van der Waals surface area contributed by atoms with Crippen LogP contribution in [0.25, 0.3) is 0 Å². The second-order valence-electron chi connectivity index (χ2n) is 9.91. The average Bonchev–Trinajstić information content (AvgIpc) is 3.64. The Morgan fingerprint density at radius 1 is 1.00 bits per heavy atom. The third kappa shape index (κ3) is 4.85. The molecule has 5 rings (SSSR count). The lowest BCUT2D eigenvalue weighted by Gasteiger charge is -2.44. The summed E-state index contributed by atoms with van der Waals surface area (Å²) in [4.78, 5) is 46.0. The van der Waals surface area contributed by atoms with E-state index in [0.717, 1.165) is 30.4 Å². The second kappa shape index (κ2) is 9.80. The summed E-state index contributed by atoms with van der Waals surface area (Å²) in [5.74, 6) is -1.45. The maximum absolute atomic E-state index is 13.7. The summed E-state index contributed by atoms with van der Waals surface area (Å²) in [5, 5.41) is 5.76. The van der Waals surface area contributed by atoms with E-state index in [1.54, 1.807) is 28.5 Å². The maximum atomic E-state index is 13.7. The van der Waals surface area contributed by atoms with Crippen molar-refractivity contribution < 1.29 is 18.8 Å². The van der Waals surface area contributed by atoms with E-state index < -0.39 is 11.4 Å². The van der Waals surface area contributed by atoms with Gasteiger partial charge < -0.3 is 20.1 Å². The van der Waals surface area contributed by atoms with Crippen LogP contribution in [0.3, 0.4) is 0 Å². The van der Waals surface area contributed by atoms with Crippen LogP contribution in [0.1, 0.15) is 64.4 Å². The molecule has 37 heavy (non-hydrogen) atoms.